The summed E-state index contributed by atoms with van der Waals surface area (Å²) in [5.41, 5.74) is 3.02. The van der Waals surface area contributed by atoms with Gasteiger partial charge in [-0.05, 0) is 30.7 Å². The van der Waals surface area contributed by atoms with Gasteiger partial charge in [-0.15, -0.1) is 0 Å². The van der Waals surface area contributed by atoms with E-state index in [1.165, 1.54) is 0 Å². The van der Waals surface area contributed by atoms with E-state index >= 15 is 0 Å². The number of aliphatic hydroxyl groups excluding tert-OH is 1. The third kappa shape index (κ3) is 3.06. The van der Waals surface area contributed by atoms with E-state index in [-0.39, 0.29) is 6.61 Å². The fourth-order valence-electron chi connectivity index (χ4n) is 2.34. The molecule has 0 unspecified atom stereocenters. The van der Waals surface area contributed by atoms with Gasteiger partial charge < -0.3 is 14.4 Å². The van der Waals surface area contributed by atoms with Crippen LogP contribution < -0.4 is 4.74 Å². The highest BCUT2D eigenvalue weighted by Crippen LogP contribution is 2.17. The topological polar surface area (TPSA) is 47.3 Å². The number of nitrogens with zero attached hydrogens (tertiary/aromatic N) is 2. The van der Waals surface area contributed by atoms with Crippen molar-refractivity contribution in [2.45, 2.75) is 19.6 Å². The van der Waals surface area contributed by atoms with E-state index in [4.69, 9.17) is 4.74 Å². The van der Waals surface area contributed by atoms with E-state index < -0.39 is 6.10 Å². The van der Waals surface area contributed by atoms with Gasteiger partial charge in [0.2, 0.25) is 0 Å². The van der Waals surface area contributed by atoms with Crippen LogP contribution in [-0.4, -0.2) is 27.4 Å². The molecule has 1 atom stereocenters. The number of benzene rings is 2. The molecule has 4 nitrogen and oxygen atoms in total. The van der Waals surface area contributed by atoms with Crippen molar-refractivity contribution in [3.8, 4) is 5.75 Å². The summed E-state index contributed by atoms with van der Waals surface area (Å²) in [4.78, 5) is 4.32. The zero-order chi connectivity index (χ0) is 14.7. The second-order valence-corrected chi connectivity index (χ2v) is 5.12. The molecule has 0 saturated heterocycles. The van der Waals surface area contributed by atoms with Crippen molar-refractivity contribution in [2.75, 3.05) is 6.61 Å². The second-order valence-electron chi connectivity index (χ2n) is 5.12. The SMILES string of the molecule is Cc1ccccc1OC[C@H](O)Cn1cnc2ccccc21. The number of aryl methyl sites for hydroxylation is 1. The smallest absolute Gasteiger partial charge is 0.122 e. The Kier molecular flexibility index (Phi) is 3.88. The summed E-state index contributed by atoms with van der Waals surface area (Å²) >= 11 is 0. The first-order valence-corrected chi connectivity index (χ1v) is 7.00. The van der Waals surface area contributed by atoms with Gasteiger partial charge in [0, 0.05) is 0 Å². The minimum atomic E-state index is -0.581. The first-order chi connectivity index (χ1) is 10.2. The number of aromatic nitrogens is 2. The van der Waals surface area contributed by atoms with E-state index in [9.17, 15) is 5.11 Å². The predicted molar refractivity (Wildman–Crippen MR) is 82.4 cm³/mol. The number of rotatable bonds is 5. The molecule has 4 heteroatoms. The van der Waals surface area contributed by atoms with Crippen molar-refractivity contribution < 1.29 is 9.84 Å². The van der Waals surface area contributed by atoms with Gasteiger partial charge in [0.15, 0.2) is 0 Å². The zero-order valence-electron chi connectivity index (χ0n) is 11.9. The van der Waals surface area contributed by atoms with Crippen LogP contribution in [0.15, 0.2) is 54.9 Å². The van der Waals surface area contributed by atoms with Crippen LogP contribution in [0.25, 0.3) is 11.0 Å². The second kappa shape index (κ2) is 5.97. The fourth-order valence-corrected chi connectivity index (χ4v) is 2.34. The minimum absolute atomic E-state index is 0.261. The summed E-state index contributed by atoms with van der Waals surface area (Å²) < 4.78 is 7.62. The molecule has 0 aliphatic rings. The highest BCUT2D eigenvalue weighted by molar-refractivity contribution is 5.74. The summed E-state index contributed by atoms with van der Waals surface area (Å²) in [5, 5.41) is 10.2. The van der Waals surface area contributed by atoms with Crippen LogP contribution in [0, 0.1) is 6.92 Å². The molecule has 0 spiro atoms. The largest absolute Gasteiger partial charge is 0.491 e. The molecule has 0 aliphatic heterocycles. The van der Waals surface area contributed by atoms with Crippen LogP contribution in [0.3, 0.4) is 0 Å². The minimum Gasteiger partial charge on any atom is -0.491 e. The summed E-state index contributed by atoms with van der Waals surface area (Å²) in [6, 6.07) is 15.7. The molecular formula is C17H18N2O2. The highest BCUT2D eigenvalue weighted by Gasteiger charge is 2.09. The Balaban J connectivity index is 1.64. The maximum Gasteiger partial charge on any atom is 0.122 e. The molecule has 2 aromatic carbocycles. The Morgan fingerprint density at radius 3 is 2.76 bits per heavy atom. The molecule has 108 valence electrons. The van der Waals surface area contributed by atoms with Gasteiger partial charge in [-0.3, -0.25) is 0 Å². The lowest BCUT2D eigenvalue weighted by molar-refractivity contribution is 0.0931. The number of para-hydroxylation sites is 3. The molecular weight excluding hydrogens is 264 g/mol. The Labute approximate surface area is 123 Å². The van der Waals surface area contributed by atoms with E-state index in [0.717, 1.165) is 22.3 Å². The summed E-state index contributed by atoms with van der Waals surface area (Å²) in [6.07, 6.45) is 1.17. The average Bonchev–Trinajstić information content (AvgIpc) is 2.90. The van der Waals surface area contributed by atoms with Crippen LogP contribution in [0.5, 0.6) is 5.75 Å². The normalized spacial score (nSPS) is 12.5. The molecule has 0 amide bonds. The summed E-state index contributed by atoms with van der Waals surface area (Å²) in [6.45, 7) is 2.72. The lowest BCUT2D eigenvalue weighted by Gasteiger charge is -2.14. The van der Waals surface area contributed by atoms with E-state index in [0.29, 0.717) is 6.54 Å². The molecule has 21 heavy (non-hydrogen) atoms. The fraction of sp³-hybridized carbons (Fsp3) is 0.235. The van der Waals surface area contributed by atoms with E-state index in [2.05, 4.69) is 4.98 Å². The van der Waals surface area contributed by atoms with Gasteiger partial charge in [0.25, 0.3) is 0 Å². The number of imidazole rings is 1. The monoisotopic (exact) mass is 282 g/mol. The van der Waals surface area contributed by atoms with Gasteiger partial charge in [0.05, 0.1) is 23.9 Å². The number of hydrogen-bond acceptors (Lipinski definition) is 3. The molecule has 1 N–H and O–H groups in total. The Morgan fingerprint density at radius 2 is 1.90 bits per heavy atom. The van der Waals surface area contributed by atoms with Crippen molar-refractivity contribution in [1.29, 1.82) is 0 Å². The molecule has 0 bridgehead atoms. The van der Waals surface area contributed by atoms with Crippen molar-refractivity contribution in [1.82, 2.24) is 9.55 Å². The first-order valence-electron chi connectivity index (χ1n) is 7.00. The maximum absolute atomic E-state index is 10.2. The van der Waals surface area contributed by atoms with Gasteiger partial charge in [-0.2, -0.15) is 0 Å². The van der Waals surface area contributed by atoms with Crippen LogP contribution in [0.2, 0.25) is 0 Å². The van der Waals surface area contributed by atoms with Crippen LogP contribution >= 0.6 is 0 Å². The number of fused-ring (bicyclic) bond motifs is 1. The third-order valence-corrected chi connectivity index (χ3v) is 3.46. The Hall–Kier alpha value is -2.33. The van der Waals surface area contributed by atoms with Crippen molar-refractivity contribution in [3.63, 3.8) is 0 Å². The quantitative estimate of drug-likeness (QED) is 0.782. The first kappa shape index (κ1) is 13.6. The van der Waals surface area contributed by atoms with Gasteiger partial charge in [-0.1, -0.05) is 30.3 Å². The van der Waals surface area contributed by atoms with Crippen molar-refractivity contribution >= 4 is 11.0 Å². The number of aliphatic hydroxyl groups is 1. The van der Waals surface area contributed by atoms with Gasteiger partial charge in [-0.25, -0.2) is 4.98 Å². The molecule has 3 rings (SSSR count). The average molecular weight is 282 g/mol. The summed E-state index contributed by atoms with van der Waals surface area (Å²) in [7, 11) is 0. The van der Waals surface area contributed by atoms with Crippen LogP contribution in [0.1, 0.15) is 5.56 Å². The molecule has 3 aromatic rings. The van der Waals surface area contributed by atoms with Crippen LogP contribution in [0.4, 0.5) is 0 Å². The lowest BCUT2D eigenvalue weighted by atomic mass is 10.2. The lowest BCUT2D eigenvalue weighted by Crippen LogP contribution is -2.23. The molecule has 0 fully saturated rings. The summed E-state index contributed by atoms with van der Waals surface area (Å²) in [5.74, 6) is 0.812. The maximum atomic E-state index is 10.2. The molecule has 0 saturated carbocycles. The highest BCUT2D eigenvalue weighted by atomic mass is 16.5. The Morgan fingerprint density at radius 1 is 1.14 bits per heavy atom. The standard InChI is InChI=1S/C17H18N2O2/c1-13-6-2-5-9-17(13)21-11-14(20)10-19-12-18-15-7-3-4-8-16(15)19/h2-9,12,14,20H,10-11H2,1H3/t14-/m1/s1. The number of hydrogen-bond donors (Lipinski definition) is 1. The predicted octanol–water partition coefficient (Wildman–Crippen LogP) is 2.78. The molecule has 0 aliphatic carbocycles. The van der Waals surface area contributed by atoms with Crippen molar-refractivity contribution in [3.05, 3.63) is 60.4 Å². The molecule has 1 aromatic heterocycles. The van der Waals surface area contributed by atoms with Crippen LogP contribution in [-0.2, 0) is 6.54 Å². The Bertz CT molecular complexity index is 736. The van der Waals surface area contributed by atoms with Crippen molar-refractivity contribution in [2.24, 2.45) is 0 Å². The number of ether oxygens (including phenoxy) is 1. The third-order valence-electron chi connectivity index (χ3n) is 3.46. The zero-order valence-corrected chi connectivity index (χ0v) is 11.9. The molecule has 1 heterocycles. The molecule has 0 radical (unpaired) electrons. The van der Waals surface area contributed by atoms with E-state index in [1.54, 1.807) is 6.33 Å². The van der Waals surface area contributed by atoms with Gasteiger partial charge >= 0.3 is 0 Å². The van der Waals surface area contributed by atoms with E-state index in [1.807, 2.05) is 60.0 Å². The van der Waals surface area contributed by atoms with Gasteiger partial charge in [0.1, 0.15) is 18.5 Å².